The standard InChI is InChI=1S/C14H10BrClFNO/c15-8-9-4-1-2-7-12(9)18-14(19)13-10(16)5-3-6-11(13)17/h1-7H,8H2,(H,18,19). The highest BCUT2D eigenvalue weighted by molar-refractivity contribution is 9.08. The molecule has 0 atom stereocenters. The number of halogens is 3. The molecule has 2 nitrogen and oxygen atoms in total. The number of rotatable bonds is 3. The molecule has 1 amide bonds. The van der Waals surface area contributed by atoms with Gasteiger partial charge in [0.2, 0.25) is 0 Å². The van der Waals surface area contributed by atoms with Crippen LogP contribution < -0.4 is 5.32 Å². The van der Waals surface area contributed by atoms with Crippen LogP contribution in [0.3, 0.4) is 0 Å². The van der Waals surface area contributed by atoms with Gasteiger partial charge in [-0.25, -0.2) is 4.39 Å². The molecule has 0 aliphatic rings. The first kappa shape index (κ1) is 14.0. The quantitative estimate of drug-likeness (QED) is 0.810. The Morgan fingerprint density at radius 3 is 2.63 bits per heavy atom. The number of para-hydroxylation sites is 1. The van der Waals surface area contributed by atoms with E-state index in [2.05, 4.69) is 21.2 Å². The van der Waals surface area contributed by atoms with Crippen LogP contribution in [0.2, 0.25) is 5.02 Å². The summed E-state index contributed by atoms with van der Waals surface area (Å²) in [7, 11) is 0. The van der Waals surface area contributed by atoms with E-state index < -0.39 is 11.7 Å². The van der Waals surface area contributed by atoms with Gasteiger partial charge in [-0.15, -0.1) is 0 Å². The van der Waals surface area contributed by atoms with E-state index in [1.165, 1.54) is 18.2 Å². The molecule has 0 aliphatic carbocycles. The summed E-state index contributed by atoms with van der Waals surface area (Å²) in [6, 6.07) is 11.4. The summed E-state index contributed by atoms with van der Waals surface area (Å²) in [4.78, 5) is 12.1. The Kier molecular flexibility index (Phi) is 4.56. The van der Waals surface area contributed by atoms with Crippen LogP contribution in [0.4, 0.5) is 10.1 Å². The Bertz CT molecular complexity index is 598. The van der Waals surface area contributed by atoms with Crippen molar-refractivity contribution in [3.63, 3.8) is 0 Å². The molecule has 2 aromatic carbocycles. The van der Waals surface area contributed by atoms with Crippen molar-refractivity contribution in [2.45, 2.75) is 5.33 Å². The van der Waals surface area contributed by atoms with Crippen LogP contribution >= 0.6 is 27.5 Å². The van der Waals surface area contributed by atoms with Crippen LogP contribution in [0.25, 0.3) is 0 Å². The third-order valence-electron chi connectivity index (χ3n) is 2.60. The Balaban J connectivity index is 2.31. The molecular formula is C14H10BrClFNO. The average Bonchev–Trinajstić information content (AvgIpc) is 2.39. The summed E-state index contributed by atoms with van der Waals surface area (Å²) < 4.78 is 13.6. The third-order valence-corrected chi connectivity index (χ3v) is 3.52. The normalized spacial score (nSPS) is 10.3. The molecule has 19 heavy (non-hydrogen) atoms. The Hall–Kier alpha value is -1.39. The maximum atomic E-state index is 13.6. The zero-order chi connectivity index (χ0) is 13.8. The van der Waals surface area contributed by atoms with Crippen LogP contribution in [0.5, 0.6) is 0 Å². The molecule has 0 radical (unpaired) electrons. The van der Waals surface area contributed by atoms with Crippen LogP contribution in [-0.2, 0) is 5.33 Å². The molecule has 0 bridgehead atoms. The number of benzene rings is 2. The molecule has 2 rings (SSSR count). The molecule has 0 heterocycles. The van der Waals surface area contributed by atoms with Crippen LogP contribution in [0.15, 0.2) is 42.5 Å². The van der Waals surface area contributed by atoms with Crippen molar-refractivity contribution in [1.29, 1.82) is 0 Å². The molecule has 5 heteroatoms. The topological polar surface area (TPSA) is 29.1 Å². The van der Waals surface area contributed by atoms with Crippen molar-refractivity contribution < 1.29 is 9.18 Å². The summed E-state index contributed by atoms with van der Waals surface area (Å²) in [5.74, 6) is -1.20. The van der Waals surface area contributed by atoms with Gasteiger partial charge in [0, 0.05) is 11.0 Å². The number of carbonyl (C=O) groups excluding carboxylic acids is 1. The van der Waals surface area contributed by atoms with Gasteiger partial charge < -0.3 is 5.32 Å². The maximum Gasteiger partial charge on any atom is 0.260 e. The molecule has 0 unspecified atom stereocenters. The third kappa shape index (κ3) is 3.14. The van der Waals surface area contributed by atoms with Crippen molar-refractivity contribution in [3.05, 3.63) is 64.4 Å². The van der Waals surface area contributed by atoms with Crippen molar-refractivity contribution in [2.24, 2.45) is 0 Å². The molecular weight excluding hydrogens is 333 g/mol. The van der Waals surface area contributed by atoms with Gasteiger partial charge in [0.05, 0.1) is 10.6 Å². The lowest BCUT2D eigenvalue weighted by molar-refractivity contribution is 0.102. The number of carbonyl (C=O) groups is 1. The first-order valence-electron chi connectivity index (χ1n) is 5.52. The Morgan fingerprint density at radius 1 is 1.21 bits per heavy atom. The van der Waals surface area contributed by atoms with E-state index >= 15 is 0 Å². The number of anilines is 1. The Labute approximate surface area is 123 Å². The van der Waals surface area contributed by atoms with Crippen molar-refractivity contribution in [3.8, 4) is 0 Å². The first-order chi connectivity index (χ1) is 9.13. The van der Waals surface area contributed by atoms with Crippen LogP contribution in [0.1, 0.15) is 15.9 Å². The van der Waals surface area contributed by atoms with Gasteiger partial charge in [0.1, 0.15) is 5.82 Å². The molecule has 0 fully saturated rings. The lowest BCUT2D eigenvalue weighted by atomic mass is 10.1. The molecule has 1 N–H and O–H groups in total. The van der Waals surface area contributed by atoms with E-state index in [0.29, 0.717) is 11.0 Å². The summed E-state index contributed by atoms with van der Waals surface area (Å²) in [5.41, 5.74) is 1.39. The van der Waals surface area contributed by atoms with Gasteiger partial charge >= 0.3 is 0 Å². The monoisotopic (exact) mass is 341 g/mol. The second-order valence-corrected chi connectivity index (χ2v) is 4.81. The summed E-state index contributed by atoms with van der Waals surface area (Å²) in [5, 5.41) is 3.35. The number of hydrogen-bond acceptors (Lipinski definition) is 1. The summed E-state index contributed by atoms with van der Waals surface area (Å²) in [6.45, 7) is 0. The fourth-order valence-corrected chi connectivity index (χ4v) is 2.40. The van der Waals surface area contributed by atoms with Crippen molar-refractivity contribution >= 4 is 39.1 Å². The second-order valence-electron chi connectivity index (χ2n) is 3.84. The van der Waals surface area contributed by atoms with Crippen molar-refractivity contribution in [1.82, 2.24) is 0 Å². The van der Waals surface area contributed by atoms with Gasteiger partial charge in [-0.2, -0.15) is 0 Å². The largest absolute Gasteiger partial charge is 0.322 e. The molecule has 0 aromatic heterocycles. The SMILES string of the molecule is O=C(Nc1ccccc1CBr)c1c(F)cccc1Cl. The van der Waals surface area contributed by atoms with E-state index in [1.54, 1.807) is 12.1 Å². The average molecular weight is 343 g/mol. The molecule has 2 aromatic rings. The highest BCUT2D eigenvalue weighted by Crippen LogP contribution is 2.23. The zero-order valence-electron chi connectivity index (χ0n) is 9.79. The van der Waals surface area contributed by atoms with E-state index in [0.717, 1.165) is 5.56 Å². The fourth-order valence-electron chi connectivity index (χ4n) is 1.66. The fraction of sp³-hybridized carbons (Fsp3) is 0.0714. The summed E-state index contributed by atoms with van der Waals surface area (Å²) in [6.07, 6.45) is 0. The van der Waals surface area contributed by atoms with Gasteiger partial charge in [-0.3, -0.25) is 4.79 Å². The minimum absolute atomic E-state index is 0.0915. The summed E-state index contributed by atoms with van der Waals surface area (Å²) >= 11 is 9.19. The first-order valence-corrected chi connectivity index (χ1v) is 7.02. The molecule has 0 spiro atoms. The van der Waals surface area contributed by atoms with E-state index in [9.17, 15) is 9.18 Å². The van der Waals surface area contributed by atoms with Crippen LogP contribution in [0, 0.1) is 5.82 Å². The predicted octanol–water partition coefficient (Wildman–Crippen LogP) is 4.63. The van der Waals surface area contributed by atoms with E-state index in [1.807, 2.05) is 12.1 Å². The lowest BCUT2D eigenvalue weighted by Crippen LogP contribution is -2.15. The smallest absolute Gasteiger partial charge is 0.260 e. The van der Waals surface area contributed by atoms with E-state index in [-0.39, 0.29) is 10.6 Å². The molecule has 98 valence electrons. The zero-order valence-corrected chi connectivity index (χ0v) is 12.1. The maximum absolute atomic E-state index is 13.6. The van der Waals surface area contributed by atoms with E-state index in [4.69, 9.17) is 11.6 Å². The second kappa shape index (κ2) is 6.17. The highest BCUT2D eigenvalue weighted by Gasteiger charge is 2.16. The molecule has 0 saturated carbocycles. The van der Waals surface area contributed by atoms with Gasteiger partial charge in [0.15, 0.2) is 0 Å². The number of hydrogen-bond donors (Lipinski definition) is 1. The van der Waals surface area contributed by atoms with Gasteiger partial charge in [-0.05, 0) is 23.8 Å². The van der Waals surface area contributed by atoms with Crippen LogP contribution in [-0.4, -0.2) is 5.91 Å². The van der Waals surface area contributed by atoms with Crippen molar-refractivity contribution in [2.75, 3.05) is 5.32 Å². The predicted molar refractivity (Wildman–Crippen MR) is 78.4 cm³/mol. The Morgan fingerprint density at radius 2 is 1.95 bits per heavy atom. The molecule has 0 aliphatic heterocycles. The minimum Gasteiger partial charge on any atom is -0.322 e. The number of alkyl halides is 1. The lowest BCUT2D eigenvalue weighted by Gasteiger charge is -2.10. The number of amides is 1. The molecule has 0 saturated heterocycles. The van der Waals surface area contributed by atoms with Gasteiger partial charge in [0.25, 0.3) is 5.91 Å². The minimum atomic E-state index is -0.638. The van der Waals surface area contributed by atoms with Gasteiger partial charge in [-0.1, -0.05) is 51.8 Å². The number of nitrogens with one attached hydrogen (secondary N) is 1. The highest BCUT2D eigenvalue weighted by atomic mass is 79.9.